The largest absolute Gasteiger partial charge is 0.395 e. The molecule has 0 spiro atoms. The van der Waals surface area contributed by atoms with Crippen molar-refractivity contribution in [2.75, 3.05) is 13.2 Å². The maximum Gasteiger partial charge on any atom is 0.0587 e. The van der Waals surface area contributed by atoms with Gasteiger partial charge in [-0.25, -0.2) is 0 Å². The van der Waals surface area contributed by atoms with E-state index >= 15 is 0 Å². The van der Waals surface area contributed by atoms with Crippen molar-refractivity contribution < 1.29 is 5.11 Å². The Bertz CT molecular complexity index is 326. The highest BCUT2D eigenvalue weighted by atomic mass is 32.1. The van der Waals surface area contributed by atoms with E-state index in [1.807, 2.05) is 0 Å². The first-order valence-corrected chi connectivity index (χ1v) is 7.32. The summed E-state index contributed by atoms with van der Waals surface area (Å²) in [5, 5.41) is 13.8. The minimum Gasteiger partial charge on any atom is -0.395 e. The third-order valence-electron chi connectivity index (χ3n) is 3.62. The van der Waals surface area contributed by atoms with E-state index in [-0.39, 0.29) is 24.7 Å². The Balaban J connectivity index is 2.20. The fraction of sp³-hybridized carbons (Fsp3) is 0.692. The van der Waals surface area contributed by atoms with E-state index in [9.17, 15) is 5.11 Å². The van der Waals surface area contributed by atoms with Gasteiger partial charge in [-0.15, -0.1) is 0 Å². The van der Waals surface area contributed by atoms with Crippen LogP contribution in [-0.4, -0.2) is 35.2 Å². The summed E-state index contributed by atoms with van der Waals surface area (Å²) in [6.07, 6.45) is 3.52. The van der Waals surface area contributed by atoms with E-state index in [0.29, 0.717) is 0 Å². The third kappa shape index (κ3) is 2.88. The summed E-state index contributed by atoms with van der Waals surface area (Å²) in [5.41, 5.74) is 7.45. The van der Waals surface area contributed by atoms with E-state index in [2.05, 4.69) is 28.7 Å². The number of hydrogen-bond donors (Lipinski definition) is 2. The number of nitrogens with two attached hydrogens (primary N) is 1. The molecule has 1 saturated heterocycles. The van der Waals surface area contributed by atoms with Crippen LogP contribution in [0.1, 0.15) is 37.8 Å². The van der Waals surface area contributed by atoms with Crippen LogP contribution in [0.2, 0.25) is 0 Å². The highest BCUT2D eigenvalue weighted by molar-refractivity contribution is 7.07. The van der Waals surface area contributed by atoms with Gasteiger partial charge in [0.05, 0.1) is 12.6 Å². The molecule has 0 aromatic carbocycles. The van der Waals surface area contributed by atoms with Gasteiger partial charge < -0.3 is 10.8 Å². The molecule has 3 atom stereocenters. The number of nitrogens with zero attached hydrogens (tertiary/aromatic N) is 1. The predicted molar refractivity (Wildman–Crippen MR) is 72.1 cm³/mol. The molecule has 96 valence electrons. The van der Waals surface area contributed by atoms with Gasteiger partial charge in [-0.3, -0.25) is 4.90 Å². The average Bonchev–Trinajstić information content (AvgIpc) is 2.83. The smallest absolute Gasteiger partial charge is 0.0587 e. The van der Waals surface area contributed by atoms with Crippen LogP contribution in [-0.2, 0) is 0 Å². The Morgan fingerprint density at radius 1 is 1.59 bits per heavy atom. The molecule has 3 unspecified atom stereocenters. The molecule has 0 saturated carbocycles. The van der Waals surface area contributed by atoms with Crippen LogP contribution in [0.25, 0.3) is 0 Å². The van der Waals surface area contributed by atoms with Crippen molar-refractivity contribution in [1.29, 1.82) is 0 Å². The number of hydrogen-bond acceptors (Lipinski definition) is 4. The molecule has 1 fully saturated rings. The lowest BCUT2D eigenvalue weighted by atomic mass is 9.94. The fourth-order valence-corrected chi connectivity index (χ4v) is 3.51. The van der Waals surface area contributed by atoms with Crippen LogP contribution < -0.4 is 5.73 Å². The van der Waals surface area contributed by atoms with Crippen molar-refractivity contribution in [3.63, 3.8) is 0 Å². The normalized spacial score (nSPS) is 25.7. The summed E-state index contributed by atoms with van der Waals surface area (Å²) in [7, 11) is 0. The van der Waals surface area contributed by atoms with Crippen LogP contribution >= 0.6 is 11.3 Å². The van der Waals surface area contributed by atoms with E-state index in [0.717, 1.165) is 13.0 Å². The second kappa shape index (κ2) is 5.96. The monoisotopic (exact) mass is 254 g/mol. The van der Waals surface area contributed by atoms with Crippen LogP contribution in [0.4, 0.5) is 0 Å². The predicted octanol–water partition coefficient (Wildman–Crippen LogP) is 1.98. The quantitative estimate of drug-likeness (QED) is 0.864. The molecule has 0 bridgehead atoms. The highest BCUT2D eigenvalue weighted by Crippen LogP contribution is 2.31. The van der Waals surface area contributed by atoms with Gasteiger partial charge in [0, 0.05) is 12.1 Å². The molecule has 4 heteroatoms. The Labute approximate surface area is 107 Å². The molecule has 1 aromatic rings. The molecule has 0 radical (unpaired) electrons. The zero-order chi connectivity index (χ0) is 12.3. The van der Waals surface area contributed by atoms with Gasteiger partial charge >= 0.3 is 0 Å². The van der Waals surface area contributed by atoms with Gasteiger partial charge in [-0.2, -0.15) is 11.3 Å². The lowest BCUT2D eigenvalue weighted by molar-refractivity contribution is 0.0445. The molecule has 1 aliphatic heterocycles. The van der Waals surface area contributed by atoms with Crippen LogP contribution in [0.5, 0.6) is 0 Å². The minimum absolute atomic E-state index is 0.0942. The minimum atomic E-state index is 0.0942. The Hall–Kier alpha value is -0.420. The zero-order valence-electron chi connectivity index (χ0n) is 10.4. The topological polar surface area (TPSA) is 49.5 Å². The Kier molecular flexibility index (Phi) is 4.56. The van der Waals surface area contributed by atoms with Crippen molar-refractivity contribution in [3.8, 4) is 0 Å². The van der Waals surface area contributed by atoms with Crippen molar-refractivity contribution >= 4 is 11.3 Å². The second-order valence-electron chi connectivity index (χ2n) is 4.93. The van der Waals surface area contributed by atoms with Crippen molar-refractivity contribution in [2.45, 2.75) is 44.3 Å². The number of rotatable bonds is 4. The summed E-state index contributed by atoms with van der Waals surface area (Å²) in [6.45, 7) is 3.35. The molecule has 17 heavy (non-hydrogen) atoms. The van der Waals surface area contributed by atoms with E-state index in [4.69, 9.17) is 5.73 Å². The summed E-state index contributed by atoms with van der Waals surface area (Å²) in [6, 6.07) is 2.77. The third-order valence-corrected chi connectivity index (χ3v) is 4.32. The number of thiophene rings is 1. The standard InChI is InChI=1S/C13H22N2OS/c1-10(14)13(11-5-7-17-9-11)15-6-3-2-4-12(15)8-16/h5,7,9-10,12-13,16H,2-4,6,8,14H2,1H3. The van der Waals surface area contributed by atoms with Gasteiger partial charge in [-0.1, -0.05) is 6.42 Å². The summed E-state index contributed by atoms with van der Waals surface area (Å²) < 4.78 is 0. The summed E-state index contributed by atoms with van der Waals surface area (Å²) in [5.74, 6) is 0. The lowest BCUT2D eigenvalue weighted by Crippen LogP contribution is -2.48. The van der Waals surface area contributed by atoms with Crippen LogP contribution in [0, 0.1) is 0 Å². The maximum atomic E-state index is 9.51. The van der Waals surface area contributed by atoms with Crippen molar-refractivity contribution in [3.05, 3.63) is 22.4 Å². The lowest BCUT2D eigenvalue weighted by Gasteiger charge is -2.42. The van der Waals surface area contributed by atoms with Gasteiger partial charge in [0.15, 0.2) is 0 Å². The maximum absolute atomic E-state index is 9.51. The first-order chi connectivity index (χ1) is 8.24. The molecule has 0 aliphatic carbocycles. The second-order valence-corrected chi connectivity index (χ2v) is 5.71. The average molecular weight is 254 g/mol. The zero-order valence-corrected chi connectivity index (χ0v) is 11.2. The summed E-state index contributed by atoms with van der Waals surface area (Å²) >= 11 is 1.71. The Morgan fingerprint density at radius 3 is 3.00 bits per heavy atom. The molecule has 3 N–H and O–H groups in total. The highest BCUT2D eigenvalue weighted by Gasteiger charge is 2.31. The van der Waals surface area contributed by atoms with Crippen LogP contribution in [0.3, 0.4) is 0 Å². The molecule has 1 aromatic heterocycles. The molecule has 0 amide bonds. The van der Waals surface area contributed by atoms with Crippen molar-refractivity contribution in [1.82, 2.24) is 4.90 Å². The number of piperidine rings is 1. The first kappa shape index (κ1) is 13.0. The molecule has 2 heterocycles. The van der Waals surface area contributed by atoms with E-state index < -0.39 is 0 Å². The molecule has 2 rings (SSSR count). The Morgan fingerprint density at radius 2 is 2.41 bits per heavy atom. The molecule has 3 nitrogen and oxygen atoms in total. The van der Waals surface area contributed by atoms with Gasteiger partial charge in [0.1, 0.15) is 0 Å². The van der Waals surface area contributed by atoms with E-state index in [1.54, 1.807) is 11.3 Å². The SMILES string of the molecule is CC(N)C(c1ccsc1)N1CCCCC1CO. The molecular weight excluding hydrogens is 232 g/mol. The number of aliphatic hydroxyl groups is 1. The number of likely N-dealkylation sites (tertiary alicyclic amines) is 1. The fourth-order valence-electron chi connectivity index (χ4n) is 2.83. The van der Waals surface area contributed by atoms with Gasteiger partial charge in [0.2, 0.25) is 0 Å². The van der Waals surface area contributed by atoms with Gasteiger partial charge in [0.25, 0.3) is 0 Å². The van der Waals surface area contributed by atoms with E-state index in [1.165, 1.54) is 18.4 Å². The van der Waals surface area contributed by atoms with Crippen molar-refractivity contribution in [2.24, 2.45) is 5.73 Å². The van der Waals surface area contributed by atoms with Gasteiger partial charge in [-0.05, 0) is 48.7 Å². The first-order valence-electron chi connectivity index (χ1n) is 6.38. The summed E-state index contributed by atoms with van der Waals surface area (Å²) in [4.78, 5) is 2.40. The van der Waals surface area contributed by atoms with Crippen LogP contribution in [0.15, 0.2) is 16.8 Å². The molecule has 1 aliphatic rings. The number of aliphatic hydroxyl groups excluding tert-OH is 1. The molecular formula is C13H22N2OS.